The number of aromatic nitrogens is 1. The standard InChI is InChI=1S/C17H14N4O2/c18-17(19)21-14-6-5-11(16(22)23)9-13(14)15-12-4-2-1-3-10(12)7-8-20-15/h1-9H,(H,22,23)(H4,18,19,21). The topological polar surface area (TPSA) is 115 Å². The van der Waals surface area contributed by atoms with Crippen LogP contribution in [0.3, 0.4) is 0 Å². The molecule has 6 heteroatoms. The maximum absolute atomic E-state index is 11.3. The van der Waals surface area contributed by atoms with Crippen LogP contribution in [0.5, 0.6) is 0 Å². The Labute approximate surface area is 132 Å². The van der Waals surface area contributed by atoms with Gasteiger partial charge in [-0.25, -0.2) is 9.79 Å². The number of guanidine groups is 1. The number of hydrogen-bond donors (Lipinski definition) is 3. The molecule has 5 N–H and O–H groups in total. The predicted octanol–water partition coefficient (Wildman–Crippen LogP) is 2.50. The third-order valence-corrected chi connectivity index (χ3v) is 3.42. The molecule has 0 aliphatic rings. The van der Waals surface area contributed by atoms with E-state index in [2.05, 4.69) is 9.98 Å². The van der Waals surface area contributed by atoms with Crippen LogP contribution in [0, 0.1) is 0 Å². The van der Waals surface area contributed by atoms with E-state index in [1.165, 1.54) is 12.1 Å². The summed E-state index contributed by atoms with van der Waals surface area (Å²) in [6.45, 7) is 0. The van der Waals surface area contributed by atoms with Crippen LogP contribution in [0.2, 0.25) is 0 Å². The number of rotatable bonds is 3. The monoisotopic (exact) mass is 306 g/mol. The molecule has 0 amide bonds. The first-order valence-electron chi connectivity index (χ1n) is 6.87. The molecule has 23 heavy (non-hydrogen) atoms. The predicted molar refractivity (Wildman–Crippen MR) is 89.6 cm³/mol. The Kier molecular flexibility index (Phi) is 3.64. The smallest absolute Gasteiger partial charge is 0.335 e. The Morgan fingerprint density at radius 3 is 2.61 bits per heavy atom. The van der Waals surface area contributed by atoms with Crippen molar-refractivity contribution in [3.63, 3.8) is 0 Å². The molecule has 1 aromatic heterocycles. The lowest BCUT2D eigenvalue weighted by Gasteiger charge is -2.10. The minimum atomic E-state index is -1.03. The van der Waals surface area contributed by atoms with Gasteiger partial charge in [-0.05, 0) is 29.7 Å². The highest BCUT2D eigenvalue weighted by atomic mass is 16.4. The Morgan fingerprint density at radius 2 is 1.87 bits per heavy atom. The quantitative estimate of drug-likeness (QED) is 0.508. The number of hydrogen-bond acceptors (Lipinski definition) is 3. The number of pyridine rings is 1. The van der Waals surface area contributed by atoms with Crippen LogP contribution in [-0.4, -0.2) is 22.0 Å². The zero-order chi connectivity index (χ0) is 16.4. The van der Waals surface area contributed by atoms with Crippen LogP contribution in [0.4, 0.5) is 5.69 Å². The van der Waals surface area contributed by atoms with E-state index >= 15 is 0 Å². The van der Waals surface area contributed by atoms with Crippen LogP contribution in [0.25, 0.3) is 22.0 Å². The van der Waals surface area contributed by atoms with E-state index in [0.717, 1.165) is 10.8 Å². The summed E-state index contributed by atoms with van der Waals surface area (Å²) in [5.41, 5.74) is 12.8. The van der Waals surface area contributed by atoms with Crippen LogP contribution in [0.1, 0.15) is 10.4 Å². The third kappa shape index (κ3) is 2.82. The van der Waals surface area contributed by atoms with Crippen molar-refractivity contribution in [2.24, 2.45) is 16.5 Å². The highest BCUT2D eigenvalue weighted by Crippen LogP contribution is 2.34. The molecule has 3 aromatic rings. The van der Waals surface area contributed by atoms with E-state index in [0.29, 0.717) is 16.9 Å². The van der Waals surface area contributed by atoms with E-state index in [1.807, 2.05) is 30.3 Å². The molecule has 0 spiro atoms. The van der Waals surface area contributed by atoms with Gasteiger partial charge in [0, 0.05) is 17.1 Å². The molecule has 0 aliphatic carbocycles. The number of aromatic carboxylic acids is 1. The SMILES string of the molecule is NC(N)=Nc1ccc(C(=O)O)cc1-c1nccc2ccccc12. The number of nitrogens with two attached hydrogens (primary N) is 2. The van der Waals surface area contributed by atoms with Crippen molar-refractivity contribution >= 4 is 28.4 Å². The van der Waals surface area contributed by atoms with Gasteiger partial charge in [0.1, 0.15) is 0 Å². The average molecular weight is 306 g/mol. The van der Waals surface area contributed by atoms with Gasteiger partial charge in [-0.1, -0.05) is 24.3 Å². The van der Waals surface area contributed by atoms with Crippen LogP contribution in [0.15, 0.2) is 59.7 Å². The van der Waals surface area contributed by atoms with Crippen molar-refractivity contribution in [3.8, 4) is 11.3 Å². The van der Waals surface area contributed by atoms with Gasteiger partial charge in [-0.2, -0.15) is 0 Å². The Balaban J connectivity index is 2.33. The number of aliphatic imine (C=N–C) groups is 1. The van der Waals surface area contributed by atoms with Gasteiger partial charge in [-0.3, -0.25) is 4.98 Å². The fourth-order valence-corrected chi connectivity index (χ4v) is 2.43. The Bertz CT molecular complexity index is 926. The molecule has 1 heterocycles. The van der Waals surface area contributed by atoms with Crippen molar-refractivity contribution in [1.29, 1.82) is 0 Å². The van der Waals surface area contributed by atoms with E-state index in [4.69, 9.17) is 11.5 Å². The lowest BCUT2D eigenvalue weighted by molar-refractivity contribution is 0.0697. The maximum Gasteiger partial charge on any atom is 0.335 e. The lowest BCUT2D eigenvalue weighted by atomic mass is 10.0. The van der Waals surface area contributed by atoms with Crippen molar-refractivity contribution in [3.05, 3.63) is 60.3 Å². The first-order valence-corrected chi connectivity index (χ1v) is 6.87. The molecule has 0 bridgehead atoms. The number of carboxylic acid groups (broad SMARTS) is 1. The van der Waals surface area contributed by atoms with Gasteiger partial charge in [0.2, 0.25) is 0 Å². The minimum Gasteiger partial charge on any atom is -0.478 e. The molecule has 0 radical (unpaired) electrons. The summed E-state index contributed by atoms with van der Waals surface area (Å²) >= 11 is 0. The fourth-order valence-electron chi connectivity index (χ4n) is 2.43. The van der Waals surface area contributed by atoms with E-state index in [-0.39, 0.29) is 11.5 Å². The molecule has 3 rings (SSSR count). The van der Waals surface area contributed by atoms with E-state index in [9.17, 15) is 9.90 Å². The molecule has 0 aliphatic heterocycles. The highest BCUT2D eigenvalue weighted by Gasteiger charge is 2.13. The minimum absolute atomic E-state index is 0.102. The van der Waals surface area contributed by atoms with Crippen molar-refractivity contribution in [1.82, 2.24) is 4.98 Å². The van der Waals surface area contributed by atoms with Gasteiger partial charge in [-0.15, -0.1) is 0 Å². The molecule has 0 fully saturated rings. The number of nitrogens with zero attached hydrogens (tertiary/aromatic N) is 2. The summed E-state index contributed by atoms with van der Waals surface area (Å²) in [7, 11) is 0. The van der Waals surface area contributed by atoms with Crippen molar-refractivity contribution in [2.75, 3.05) is 0 Å². The van der Waals surface area contributed by atoms with E-state index < -0.39 is 5.97 Å². The molecule has 114 valence electrons. The summed E-state index contributed by atoms with van der Waals surface area (Å²) in [5, 5.41) is 11.1. The highest BCUT2D eigenvalue weighted by molar-refractivity contribution is 6.00. The fraction of sp³-hybridized carbons (Fsp3) is 0. The van der Waals surface area contributed by atoms with E-state index in [1.54, 1.807) is 12.3 Å². The average Bonchev–Trinajstić information content (AvgIpc) is 2.54. The van der Waals surface area contributed by atoms with Gasteiger partial charge in [0.25, 0.3) is 0 Å². The van der Waals surface area contributed by atoms with Crippen molar-refractivity contribution < 1.29 is 9.90 Å². The Hall–Kier alpha value is -3.41. The summed E-state index contributed by atoms with van der Waals surface area (Å²) in [6, 6.07) is 14.2. The third-order valence-electron chi connectivity index (χ3n) is 3.42. The normalized spacial score (nSPS) is 10.4. The Morgan fingerprint density at radius 1 is 1.09 bits per heavy atom. The summed E-state index contributed by atoms with van der Waals surface area (Å²) < 4.78 is 0. The van der Waals surface area contributed by atoms with Gasteiger partial charge >= 0.3 is 5.97 Å². The molecular formula is C17H14N4O2. The second kappa shape index (κ2) is 5.76. The zero-order valence-corrected chi connectivity index (χ0v) is 12.1. The molecule has 0 saturated carbocycles. The van der Waals surface area contributed by atoms with Gasteiger partial charge in [0.15, 0.2) is 5.96 Å². The van der Waals surface area contributed by atoms with Crippen LogP contribution < -0.4 is 11.5 Å². The molecular weight excluding hydrogens is 292 g/mol. The summed E-state index contributed by atoms with van der Waals surface area (Å²) in [4.78, 5) is 19.8. The van der Waals surface area contributed by atoms with Gasteiger partial charge in [0.05, 0.1) is 16.9 Å². The second-order valence-corrected chi connectivity index (χ2v) is 4.95. The lowest BCUT2D eigenvalue weighted by Crippen LogP contribution is -2.22. The van der Waals surface area contributed by atoms with Gasteiger partial charge < -0.3 is 16.6 Å². The zero-order valence-electron chi connectivity index (χ0n) is 12.1. The first-order chi connectivity index (χ1) is 11.1. The number of carbonyl (C=O) groups is 1. The maximum atomic E-state index is 11.3. The second-order valence-electron chi connectivity index (χ2n) is 4.95. The molecule has 0 atom stereocenters. The summed E-state index contributed by atoms with van der Waals surface area (Å²) in [6.07, 6.45) is 1.67. The van der Waals surface area contributed by atoms with Crippen molar-refractivity contribution in [2.45, 2.75) is 0 Å². The number of benzene rings is 2. The van der Waals surface area contributed by atoms with Crippen LogP contribution in [-0.2, 0) is 0 Å². The number of fused-ring (bicyclic) bond motifs is 1. The first kappa shape index (κ1) is 14.5. The summed E-state index contributed by atoms with van der Waals surface area (Å²) in [5.74, 6) is -1.13. The largest absolute Gasteiger partial charge is 0.478 e. The molecule has 6 nitrogen and oxygen atoms in total. The molecule has 0 unspecified atom stereocenters. The molecule has 0 saturated heterocycles. The van der Waals surface area contributed by atoms with Crippen LogP contribution >= 0.6 is 0 Å². The number of carboxylic acids is 1. The molecule has 2 aromatic carbocycles.